The molecular weight excluding hydrogens is 272 g/mol. The molecular formula is C16H18O5. The quantitative estimate of drug-likeness (QED) is 0.639. The van der Waals surface area contributed by atoms with Crippen LogP contribution in [0.5, 0.6) is 5.75 Å². The lowest BCUT2D eigenvalue weighted by molar-refractivity contribution is -0.145. The summed E-state index contributed by atoms with van der Waals surface area (Å²) in [5, 5.41) is 0.869. The lowest BCUT2D eigenvalue weighted by atomic mass is 10.0. The molecule has 0 unspecified atom stereocenters. The number of carbonyl (C=O) groups is 1. The molecule has 0 atom stereocenters. The van der Waals surface area contributed by atoms with Gasteiger partial charge in [0, 0.05) is 16.5 Å². The largest absolute Gasteiger partial charge is 0.481 e. The van der Waals surface area contributed by atoms with Gasteiger partial charge in [0.25, 0.3) is 0 Å². The molecule has 2 aromatic rings. The van der Waals surface area contributed by atoms with Crippen molar-refractivity contribution in [1.29, 1.82) is 0 Å². The van der Waals surface area contributed by atoms with Crippen LogP contribution in [-0.2, 0) is 9.53 Å². The molecule has 0 radical (unpaired) electrons. The molecule has 0 saturated carbocycles. The number of ether oxygens (including phenoxy) is 2. The highest BCUT2D eigenvalue weighted by molar-refractivity contribution is 5.85. The second-order valence-corrected chi connectivity index (χ2v) is 4.80. The average molecular weight is 290 g/mol. The summed E-state index contributed by atoms with van der Waals surface area (Å²) in [6, 6.07) is 3.59. The molecule has 0 amide bonds. The molecule has 0 fully saturated rings. The van der Waals surface area contributed by atoms with E-state index >= 15 is 0 Å². The zero-order chi connectivity index (χ0) is 15.6. The Balaban J connectivity index is 2.40. The van der Waals surface area contributed by atoms with Gasteiger partial charge >= 0.3 is 11.6 Å². The van der Waals surface area contributed by atoms with E-state index in [0.717, 1.165) is 10.9 Å². The standard InChI is InChI=1S/C16H18O5/c1-5-19-14(17)8-20-13-7-6-12-9(2)10(3)16(18)21-15(12)11(13)4/h6-7H,5,8H2,1-4H3. The zero-order valence-corrected chi connectivity index (χ0v) is 12.6. The molecule has 0 N–H and O–H groups in total. The summed E-state index contributed by atoms with van der Waals surface area (Å²) in [5.74, 6) is 0.0699. The molecule has 0 aliphatic heterocycles. The van der Waals surface area contributed by atoms with Crippen molar-refractivity contribution in [3.8, 4) is 5.75 Å². The van der Waals surface area contributed by atoms with E-state index < -0.39 is 5.97 Å². The lowest BCUT2D eigenvalue weighted by Crippen LogP contribution is -2.15. The van der Waals surface area contributed by atoms with Gasteiger partial charge in [-0.25, -0.2) is 9.59 Å². The maximum absolute atomic E-state index is 11.8. The molecule has 0 spiro atoms. The summed E-state index contributed by atoms with van der Waals surface area (Å²) in [4.78, 5) is 23.1. The summed E-state index contributed by atoms with van der Waals surface area (Å²) in [7, 11) is 0. The van der Waals surface area contributed by atoms with Crippen molar-refractivity contribution >= 4 is 16.9 Å². The van der Waals surface area contributed by atoms with Gasteiger partial charge in [-0.3, -0.25) is 0 Å². The number of esters is 1. The van der Waals surface area contributed by atoms with Crippen molar-refractivity contribution < 1.29 is 18.7 Å². The predicted octanol–water partition coefficient (Wildman–Crippen LogP) is 2.66. The van der Waals surface area contributed by atoms with E-state index in [1.807, 2.05) is 13.0 Å². The molecule has 1 aromatic carbocycles. The highest BCUT2D eigenvalue weighted by atomic mass is 16.6. The minimum atomic E-state index is -0.432. The number of carbonyl (C=O) groups excluding carboxylic acids is 1. The molecule has 112 valence electrons. The van der Waals surface area contributed by atoms with E-state index in [-0.39, 0.29) is 12.2 Å². The van der Waals surface area contributed by atoms with Crippen LogP contribution in [0.15, 0.2) is 21.3 Å². The van der Waals surface area contributed by atoms with Crippen molar-refractivity contribution in [3.05, 3.63) is 39.2 Å². The number of benzene rings is 1. The van der Waals surface area contributed by atoms with Gasteiger partial charge in [0.15, 0.2) is 6.61 Å². The van der Waals surface area contributed by atoms with E-state index in [1.165, 1.54) is 0 Å². The summed E-state index contributed by atoms with van der Waals surface area (Å²) < 4.78 is 15.6. The van der Waals surface area contributed by atoms with Crippen LogP contribution in [0.1, 0.15) is 23.6 Å². The fraction of sp³-hybridized carbons (Fsp3) is 0.375. The van der Waals surface area contributed by atoms with Crippen molar-refractivity contribution in [1.82, 2.24) is 0 Å². The van der Waals surface area contributed by atoms with Gasteiger partial charge in [0.05, 0.1) is 6.61 Å². The number of fused-ring (bicyclic) bond motifs is 1. The Hall–Kier alpha value is -2.30. The second-order valence-electron chi connectivity index (χ2n) is 4.80. The predicted molar refractivity (Wildman–Crippen MR) is 78.8 cm³/mol. The van der Waals surface area contributed by atoms with Crippen LogP contribution in [0.3, 0.4) is 0 Å². The SMILES string of the molecule is CCOC(=O)COc1ccc2c(C)c(C)c(=O)oc2c1C. The monoisotopic (exact) mass is 290 g/mol. The minimum Gasteiger partial charge on any atom is -0.481 e. The van der Waals surface area contributed by atoms with Gasteiger partial charge in [-0.15, -0.1) is 0 Å². The first-order valence-electron chi connectivity index (χ1n) is 6.77. The molecule has 21 heavy (non-hydrogen) atoms. The summed E-state index contributed by atoms with van der Waals surface area (Å²) in [6.07, 6.45) is 0. The summed E-state index contributed by atoms with van der Waals surface area (Å²) >= 11 is 0. The van der Waals surface area contributed by atoms with Crippen molar-refractivity contribution in [2.75, 3.05) is 13.2 Å². The van der Waals surface area contributed by atoms with Crippen molar-refractivity contribution in [2.24, 2.45) is 0 Å². The van der Waals surface area contributed by atoms with Crippen LogP contribution >= 0.6 is 0 Å². The maximum Gasteiger partial charge on any atom is 0.344 e. The van der Waals surface area contributed by atoms with Gasteiger partial charge in [-0.2, -0.15) is 0 Å². The number of aryl methyl sites for hydroxylation is 2. The first kappa shape index (κ1) is 15.1. The maximum atomic E-state index is 11.8. The lowest BCUT2D eigenvalue weighted by Gasteiger charge is -2.11. The molecule has 0 saturated heterocycles. The Morgan fingerprint density at radius 2 is 1.86 bits per heavy atom. The van der Waals surface area contributed by atoms with Gasteiger partial charge in [-0.05, 0) is 45.4 Å². The van der Waals surface area contributed by atoms with E-state index in [2.05, 4.69) is 0 Å². The van der Waals surface area contributed by atoms with E-state index in [1.54, 1.807) is 26.8 Å². The van der Waals surface area contributed by atoms with Crippen molar-refractivity contribution in [2.45, 2.75) is 27.7 Å². The van der Waals surface area contributed by atoms with Crippen LogP contribution < -0.4 is 10.4 Å². The fourth-order valence-electron chi connectivity index (χ4n) is 2.12. The van der Waals surface area contributed by atoms with Crippen LogP contribution in [0, 0.1) is 20.8 Å². The average Bonchev–Trinajstić information content (AvgIpc) is 2.45. The number of hydrogen-bond donors (Lipinski definition) is 0. The summed E-state index contributed by atoms with van der Waals surface area (Å²) in [6.45, 7) is 7.29. The van der Waals surface area contributed by atoms with E-state index in [9.17, 15) is 9.59 Å². The molecule has 5 nitrogen and oxygen atoms in total. The third kappa shape index (κ3) is 2.91. The molecule has 0 aliphatic rings. The Kier molecular flexibility index (Phi) is 4.31. The van der Waals surface area contributed by atoms with E-state index in [0.29, 0.717) is 29.1 Å². The Bertz CT molecular complexity index is 742. The second kappa shape index (κ2) is 5.99. The molecule has 1 aromatic heterocycles. The third-order valence-corrected chi connectivity index (χ3v) is 3.47. The fourth-order valence-corrected chi connectivity index (χ4v) is 2.12. The Morgan fingerprint density at radius 3 is 2.52 bits per heavy atom. The van der Waals surface area contributed by atoms with E-state index in [4.69, 9.17) is 13.9 Å². The molecule has 1 heterocycles. The first-order valence-corrected chi connectivity index (χ1v) is 6.77. The highest BCUT2D eigenvalue weighted by Crippen LogP contribution is 2.29. The smallest absolute Gasteiger partial charge is 0.344 e. The van der Waals surface area contributed by atoms with Crippen LogP contribution in [0.2, 0.25) is 0 Å². The Morgan fingerprint density at radius 1 is 1.14 bits per heavy atom. The Labute approximate surface area is 122 Å². The summed E-state index contributed by atoms with van der Waals surface area (Å²) in [5.41, 5.74) is 2.32. The van der Waals surface area contributed by atoms with Gasteiger partial charge < -0.3 is 13.9 Å². The molecule has 5 heteroatoms. The van der Waals surface area contributed by atoms with Crippen molar-refractivity contribution in [3.63, 3.8) is 0 Å². The van der Waals surface area contributed by atoms with Gasteiger partial charge in [0.2, 0.25) is 0 Å². The van der Waals surface area contributed by atoms with Gasteiger partial charge in [-0.1, -0.05) is 0 Å². The van der Waals surface area contributed by atoms with Crippen LogP contribution in [0.4, 0.5) is 0 Å². The van der Waals surface area contributed by atoms with Crippen LogP contribution in [-0.4, -0.2) is 19.2 Å². The topological polar surface area (TPSA) is 65.7 Å². The normalized spacial score (nSPS) is 10.7. The first-order chi connectivity index (χ1) is 9.95. The van der Waals surface area contributed by atoms with Crippen LogP contribution in [0.25, 0.3) is 11.0 Å². The third-order valence-electron chi connectivity index (χ3n) is 3.47. The molecule has 0 bridgehead atoms. The number of hydrogen-bond acceptors (Lipinski definition) is 5. The van der Waals surface area contributed by atoms with Gasteiger partial charge in [0.1, 0.15) is 11.3 Å². The minimum absolute atomic E-state index is 0.171. The number of rotatable bonds is 4. The molecule has 0 aliphatic carbocycles. The molecule has 2 rings (SSSR count). The zero-order valence-electron chi connectivity index (χ0n) is 12.6. The highest BCUT2D eigenvalue weighted by Gasteiger charge is 2.13.